The zero-order valence-electron chi connectivity index (χ0n) is 10.8. The van der Waals surface area contributed by atoms with Crippen molar-refractivity contribution in [1.82, 2.24) is 14.8 Å². The van der Waals surface area contributed by atoms with Crippen LogP contribution in [0.4, 0.5) is 5.69 Å². The summed E-state index contributed by atoms with van der Waals surface area (Å²) in [5.41, 5.74) is 6.38. The van der Waals surface area contributed by atoms with Gasteiger partial charge in [-0.05, 0) is 37.1 Å². The summed E-state index contributed by atoms with van der Waals surface area (Å²) in [6.45, 7) is 0.445. The molecule has 0 atom stereocenters. The Morgan fingerprint density at radius 3 is 2.68 bits per heavy atom. The zero-order chi connectivity index (χ0) is 13.1. The zero-order valence-corrected chi connectivity index (χ0v) is 10.8. The van der Waals surface area contributed by atoms with Crippen molar-refractivity contribution in [3.8, 4) is 5.75 Å². The van der Waals surface area contributed by atoms with E-state index in [1.807, 2.05) is 30.6 Å². The molecular weight excluding hydrogens is 240 g/mol. The molecule has 1 aromatic heterocycles. The van der Waals surface area contributed by atoms with Crippen molar-refractivity contribution in [2.24, 2.45) is 0 Å². The van der Waals surface area contributed by atoms with Gasteiger partial charge in [0, 0.05) is 11.7 Å². The predicted molar refractivity (Wildman–Crippen MR) is 72.7 cm³/mol. The van der Waals surface area contributed by atoms with Crippen molar-refractivity contribution in [3.63, 3.8) is 0 Å². The molecule has 2 aromatic rings. The molecule has 0 unspecified atom stereocenters. The summed E-state index contributed by atoms with van der Waals surface area (Å²) >= 11 is 0. The lowest BCUT2D eigenvalue weighted by atomic mass is 10.2. The molecule has 2 N–H and O–H groups in total. The number of aromatic nitrogens is 3. The van der Waals surface area contributed by atoms with Crippen molar-refractivity contribution in [2.45, 2.75) is 38.3 Å². The van der Waals surface area contributed by atoms with E-state index in [0.29, 0.717) is 12.6 Å². The SMILES string of the molecule is Nc1ccc(OCc2nncn2C2CCCC2)cc1. The Kier molecular flexibility index (Phi) is 3.35. The van der Waals surface area contributed by atoms with E-state index in [9.17, 15) is 0 Å². The summed E-state index contributed by atoms with van der Waals surface area (Å²) in [4.78, 5) is 0. The van der Waals surface area contributed by atoms with Crippen molar-refractivity contribution in [3.05, 3.63) is 36.4 Å². The van der Waals surface area contributed by atoms with Crippen LogP contribution in [0.5, 0.6) is 5.75 Å². The molecule has 0 aliphatic heterocycles. The fraction of sp³-hybridized carbons (Fsp3) is 0.429. The lowest BCUT2D eigenvalue weighted by Gasteiger charge is -2.14. The number of hydrogen-bond acceptors (Lipinski definition) is 4. The maximum absolute atomic E-state index is 5.73. The Bertz CT molecular complexity index is 529. The van der Waals surface area contributed by atoms with Gasteiger partial charge in [-0.2, -0.15) is 0 Å². The number of nitrogens with zero attached hydrogens (tertiary/aromatic N) is 3. The molecule has 1 aromatic carbocycles. The highest BCUT2D eigenvalue weighted by Gasteiger charge is 2.19. The second-order valence-electron chi connectivity index (χ2n) is 4.95. The van der Waals surface area contributed by atoms with Crippen LogP contribution in [0.2, 0.25) is 0 Å². The van der Waals surface area contributed by atoms with E-state index in [1.54, 1.807) is 0 Å². The molecule has 0 spiro atoms. The van der Waals surface area contributed by atoms with Crippen LogP contribution in [0, 0.1) is 0 Å². The Hall–Kier alpha value is -2.04. The highest BCUT2D eigenvalue weighted by atomic mass is 16.5. The van der Waals surface area contributed by atoms with Crippen molar-refractivity contribution < 1.29 is 4.74 Å². The summed E-state index contributed by atoms with van der Waals surface area (Å²) in [6.07, 6.45) is 6.83. The summed E-state index contributed by atoms with van der Waals surface area (Å²) in [7, 11) is 0. The maximum Gasteiger partial charge on any atom is 0.171 e. The third-order valence-electron chi connectivity index (χ3n) is 3.61. The molecule has 1 saturated carbocycles. The molecule has 100 valence electrons. The molecule has 1 aliphatic rings. The normalized spacial score (nSPS) is 15.8. The fourth-order valence-corrected chi connectivity index (χ4v) is 2.57. The topological polar surface area (TPSA) is 66.0 Å². The lowest BCUT2D eigenvalue weighted by molar-refractivity contribution is 0.283. The smallest absolute Gasteiger partial charge is 0.171 e. The van der Waals surface area contributed by atoms with Gasteiger partial charge in [-0.25, -0.2) is 0 Å². The Morgan fingerprint density at radius 2 is 1.95 bits per heavy atom. The van der Waals surface area contributed by atoms with Crippen LogP contribution >= 0.6 is 0 Å². The molecule has 1 aliphatic carbocycles. The van der Waals surface area contributed by atoms with Gasteiger partial charge in [0.2, 0.25) is 0 Å². The van der Waals surface area contributed by atoms with Crippen LogP contribution in [0.1, 0.15) is 37.5 Å². The van der Waals surface area contributed by atoms with E-state index in [0.717, 1.165) is 17.3 Å². The summed E-state index contributed by atoms with van der Waals surface area (Å²) < 4.78 is 7.88. The molecule has 1 fully saturated rings. The molecule has 0 amide bonds. The first-order valence-corrected chi connectivity index (χ1v) is 6.69. The minimum absolute atomic E-state index is 0.445. The Balaban J connectivity index is 1.66. The van der Waals surface area contributed by atoms with E-state index in [-0.39, 0.29) is 0 Å². The fourth-order valence-electron chi connectivity index (χ4n) is 2.57. The van der Waals surface area contributed by atoms with Crippen LogP contribution in [-0.2, 0) is 6.61 Å². The van der Waals surface area contributed by atoms with Crippen LogP contribution in [0.25, 0.3) is 0 Å². The summed E-state index contributed by atoms with van der Waals surface area (Å²) in [5.74, 6) is 1.69. The van der Waals surface area contributed by atoms with Gasteiger partial charge in [-0.15, -0.1) is 10.2 Å². The molecule has 0 radical (unpaired) electrons. The highest BCUT2D eigenvalue weighted by Crippen LogP contribution is 2.30. The van der Waals surface area contributed by atoms with Crippen LogP contribution in [0.3, 0.4) is 0 Å². The van der Waals surface area contributed by atoms with Gasteiger partial charge in [-0.1, -0.05) is 12.8 Å². The number of anilines is 1. The van der Waals surface area contributed by atoms with Gasteiger partial charge in [-0.3, -0.25) is 0 Å². The van der Waals surface area contributed by atoms with Crippen LogP contribution in [0.15, 0.2) is 30.6 Å². The van der Waals surface area contributed by atoms with E-state index >= 15 is 0 Å². The van der Waals surface area contributed by atoms with Gasteiger partial charge in [0.05, 0.1) is 0 Å². The third kappa shape index (κ3) is 2.70. The van der Waals surface area contributed by atoms with Gasteiger partial charge >= 0.3 is 0 Å². The molecular formula is C14H18N4O. The molecule has 0 saturated heterocycles. The third-order valence-corrected chi connectivity index (χ3v) is 3.61. The average molecular weight is 258 g/mol. The average Bonchev–Trinajstić information content (AvgIpc) is 3.08. The Labute approximate surface area is 112 Å². The summed E-state index contributed by atoms with van der Waals surface area (Å²) in [6, 6.07) is 7.94. The molecule has 5 heteroatoms. The van der Waals surface area contributed by atoms with Gasteiger partial charge in [0.15, 0.2) is 5.82 Å². The number of hydrogen-bond donors (Lipinski definition) is 1. The first-order valence-electron chi connectivity index (χ1n) is 6.69. The first kappa shape index (κ1) is 12.0. The molecule has 19 heavy (non-hydrogen) atoms. The number of ether oxygens (including phenoxy) is 1. The number of rotatable bonds is 4. The summed E-state index contributed by atoms with van der Waals surface area (Å²) in [5, 5.41) is 8.16. The number of nitrogens with two attached hydrogens (primary N) is 1. The molecule has 5 nitrogen and oxygen atoms in total. The van der Waals surface area contributed by atoms with E-state index in [4.69, 9.17) is 10.5 Å². The minimum atomic E-state index is 0.445. The van der Waals surface area contributed by atoms with Gasteiger partial charge in [0.25, 0.3) is 0 Å². The highest BCUT2D eigenvalue weighted by molar-refractivity contribution is 5.41. The minimum Gasteiger partial charge on any atom is -0.486 e. The lowest BCUT2D eigenvalue weighted by Crippen LogP contribution is -2.10. The second-order valence-corrected chi connectivity index (χ2v) is 4.95. The number of benzene rings is 1. The maximum atomic E-state index is 5.73. The van der Waals surface area contributed by atoms with Crippen molar-refractivity contribution >= 4 is 5.69 Å². The largest absolute Gasteiger partial charge is 0.486 e. The Morgan fingerprint density at radius 1 is 1.21 bits per heavy atom. The number of nitrogen functional groups attached to an aromatic ring is 1. The van der Waals surface area contributed by atoms with Crippen LogP contribution < -0.4 is 10.5 Å². The standard InChI is InChI=1S/C14H18N4O/c15-11-5-7-13(8-6-11)19-9-14-17-16-10-18(14)12-3-1-2-4-12/h5-8,10,12H,1-4,9,15H2. The van der Waals surface area contributed by atoms with Crippen molar-refractivity contribution in [1.29, 1.82) is 0 Å². The van der Waals surface area contributed by atoms with Crippen LogP contribution in [-0.4, -0.2) is 14.8 Å². The van der Waals surface area contributed by atoms with E-state index in [1.165, 1.54) is 25.7 Å². The first-order chi connectivity index (χ1) is 9.33. The predicted octanol–water partition coefficient (Wildman–Crippen LogP) is 2.55. The molecule has 3 rings (SSSR count). The molecule has 0 bridgehead atoms. The van der Waals surface area contributed by atoms with Crippen molar-refractivity contribution in [2.75, 3.05) is 5.73 Å². The van der Waals surface area contributed by atoms with E-state index < -0.39 is 0 Å². The van der Waals surface area contributed by atoms with Gasteiger partial charge in [0.1, 0.15) is 18.7 Å². The van der Waals surface area contributed by atoms with Gasteiger partial charge < -0.3 is 15.0 Å². The quantitative estimate of drug-likeness (QED) is 0.856. The molecule has 1 heterocycles. The van der Waals surface area contributed by atoms with E-state index in [2.05, 4.69) is 14.8 Å². The second kappa shape index (κ2) is 5.30. The monoisotopic (exact) mass is 258 g/mol.